The number of nitrogens with one attached hydrogen (secondary N) is 1. The van der Waals surface area contributed by atoms with Crippen molar-refractivity contribution in [2.45, 2.75) is 13.1 Å². The van der Waals surface area contributed by atoms with E-state index >= 15 is 0 Å². The van der Waals surface area contributed by atoms with Crippen molar-refractivity contribution in [3.05, 3.63) is 95.6 Å². The van der Waals surface area contributed by atoms with E-state index in [1.54, 1.807) is 18.5 Å². The first-order valence-electron chi connectivity index (χ1n) is 8.79. The minimum absolute atomic E-state index is 0.0257. The number of hydrogen-bond acceptors (Lipinski definition) is 2. The van der Waals surface area contributed by atoms with Crippen LogP contribution in [-0.4, -0.2) is 4.99 Å². The van der Waals surface area contributed by atoms with Gasteiger partial charge in [-0.15, -0.1) is 0 Å². The summed E-state index contributed by atoms with van der Waals surface area (Å²) in [6.45, 7) is 1.82. The molecule has 154 valence electrons. The molecule has 0 unspecified atom stereocenters. The molecule has 8 heteroatoms. The molecule has 0 aliphatic heterocycles. The second-order valence-electron chi connectivity index (χ2n) is 6.51. The van der Waals surface area contributed by atoms with Crippen LogP contribution in [0.3, 0.4) is 0 Å². The molecule has 0 amide bonds. The number of alkyl halides is 3. The summed E-state index contributed by atoms with van der Waals surface area (Å²) in [4.78, 5) is -0.0701. The highest BCUT2D eigenvalue weighted by Gasteiger charge is 2.30. The van der Waals surface area contributed by atoms with Gasteiger partial charge in [0.15, 0.2) is 17.4 Å². The highest BCUT2D eigenvalue weighted by atomic mass is 32.1. The normalized spacial score (nSPS) is 12.3. The van der Waals surface area contributed by atoms with Gasteiger partial charge < -0.3 is 10.4 Å². The van der Waals surface area contributed by atoms with Crippen molar-refractivity contribution in [3.63, 3.8) is 0 Å². The maximum atomic E-state index is 13.3. The average molecular weight is 432 g/mol. The summed E-state index contributed by atoms with van der Waals surface area (Å²) in [6.07, 6.45) is -1.25. The molecule has 0 aliphatic rings. The van der Waals surface area contributed by atoms with Crippen LogP contribution in [0.5, 0.6) is 0 Å². The first kappa shape index (κ1) is 21.4. The van der Waals surface area contributed by atoms with Crippen molar-refractivity contribution in [2.75, 3.05) is 5.32 Å². The number of anilines is 1. The zero-order valence-electron chi connectivity index (χ0n) is 15.7. The van der Waals surface area contributed by atoms with Crippen LogP contribution < -0.4 is 15.0 Å². The van der Waals surface area contributed by atoms with Crippen molar-refractivity contribution < 1.29 is 27.2 Å². The van der Waals surface area contributed by atoms with Gasteiger partial charge in [-0.05, 0) is 54.6 Å². The van der Waals surface area contributed by atoms with Crippen LogP contribution in [0, 0.1) is 12.7 Å². The predicted octanol–water partition coefficient (Wildman–Crippen LogP) is 4.57. The maximum absolute atomic E-state index is 13.3. The van der Waals surface area contributed by atoms with Gasteiger partial charge in [0.25, 0.3) is 0 Å². The third kappa shape index (κ3) is 5.01. The second kappa shape index (κ2) is 8.62. The number of aromatic nitrogens is 1. The van der Waals surface area contributed by atoms with Gasteiger partial charge in [0.05, 0.1) is 5.56 Å². The molecule has 0 aliphatic carbocycles. The summed E-state index contributed by atoms with van der Waals surface area (Å²) >= 11 is 5.38. The van der Waals surface area contributed by atoms with E-state index < -0.39 is 23.3 Å². The molecule has 0 atom stereocenters. The van der Waals surface area contributed by atoms with E-state index in [1.165, 1.54) is 28.8 Å². The van der Waals surface area contributed by atoms with Crippen LogP contribution in [-0.2, 0) is 6.18 Å². The fourth-order valence-corrected chi connectivity index (χ4v) is 3.09. The highest BCUT2D eigenvalue weighted by Crippen LogP contribution is 2.31. The number of thiocarbonyl (C=S) groups is 1. The molecule has 0 saturated carbocycles. The zero-order chi connectivity index (χ0) is 21.9. The van der Waals surface area contributed by atoms with Gasteiger partial charge in [0.1, 0.15) is 5.82 Å². The molecule has 30 heavy (non-hydrogen) atoms. The van der Waals surface area contributed by atoms with Gasteiger partial charge in [-0.3, -0.25) is 0 Å². The Kier molecular flexibility index (Phi) is 6.17. The lowest BCUT2D eigenvalue weighted by Gasteiger charge is -2.17. The van der Waals surface area contributed by atoms with Crippen molar-refractivity contribution in [3.8, 4) is 0 Å². The van der Waals surface area contributed by atoms with Crippen LogP contribution in [0.2, 0.25) is 0 Å². The molecule has 3 nitrogen and oxygen atoms in total. The van der Waals surface area contributed by atoms with Crippen molar-refractivity contribution >= 4 is 34.3 Å². The van der Waals surface area contributed by atoms with Gasteiger partial charge in [-0.25, -0.2) is 4.39 Å². The van der Waals surface area contributed by atoms with Crippen LogP contribution in [0.25, 0.3) is 11.5 Å². The Morgan fingerprint density at radius 1 is 1.03 bits per heavy atom. The van der Waals surface area contributed by atoms with Gasteiger partial charge in [0.2, 0.25) is 5.70 Å². The van der Waals surface area contributed by atoms with Gasteiger partial charge in [-0.2, -0.15) is 17.7 Å². The average Bonchev–Trinajstić information content (AvgIpc) is 2.68. The Hall–Kier alpha value is -3.26. The molecule has 0 radical (unpaired) electrons. The molecule has 0 fully saturated rings. The number of aryl methyl sites for hydroxylation is 1. The van der Waals surface area contributed by atoms with Gasteiger partial charge >= 0.3 is 6.18 Å². The van der Waals surface area contributed by atoms with Crippen LogP contribution in [0.4, 0.5) is 23.2 Å². The molecular formula is C22H16F4N2OS. The lowest BCUT2D eigenvalue weighted by molar-refractivity contribution is -0.578. The van der Waals surface area contributed by atoms with E-state index in [-0.39, 0.29) is 21.9 Å². The fraction of sp³-hybridized carbons (Fsp3) is 0.0909. The van der Waals surface area contributed by atoms with Crippen molar-refractivity contribution in [1.82, 2.24) is 0 Å². The number of hydrogen-bond donors (Lipinski definition) is 1. The lowest BCUT2D eigenvalue weighted by atomic mass is 10.1. The molecule has 0 bridgehead atoms. The van der Waals surface area contributed by atoms with E-state index in [0.29, 0.717) is 0 Å². The van der Waals surface area contributed by atoms with Gasteiger partial charge in [-0.1, -0.05) is 30.4 Å². The third-order valence-electron chi connectivity index (χ3n) is 4.19. The number of nitrogens with zero attached hydrogens (tertiary/aromatic N) is 1. The third-order valence-corrected chi connectivity index (χ3v) is 4.49. The van der Waals surface area contributed by atoms with Crippen molar-refractivity contribution in [1.29, 1.82) is 0 Å². The number of rotatable bonds is 4. The summed E-state index contributed by atoms with van der Waals surface area (Å²) in [7, 11) is 0. The zero-order valence-corrected chi connectivity index (χ0v) is 16.5. The van der Waals surface area contributed by atoms with Crippen LogP contribution >= 0.6 is 12.2 Å². The molecule has 3 aromatic rings. The van der Waals surface area contributed by atoms with E-state index in [4.69, 9.17) is 12.2 Å². The lowest BCUT2D eigenvalue weighted by Crippen LogP contribution is -2.40. The summed E-state index contributed by atoms with van der Waals surface area (Å²) in [5.41, 5.74) is 0.299. The minimum atomic E-state index is -4.51. The molecule has 1 N–H and O–H groups in total. The summed E-state index contributed by atoms with van der Waals surface area (Å²) in [5, 5.41) is 15.9. The number of pyridine rings is 1. The fourth-order valence-electron chi connectivity index (χ4n) is 2.77. The number of benzene rings is 2. The van der Waals surface area contributed by atoms with E-state index in [1.807, 2.05) is 13.0 Å². The molecular weight excluding hydrogens is 416 g/mol. The Bertz CT molecular complexity index is 1110. The Labute approximate surface area is 175 Å². The topological polar surface area (TPSA) is 39.0 Å². The predicted molar refractivity (Wildman–Crippen MR) is 109 cm³/mol. The van der Waals surface area contributed by atoms with E-state index in [9.17, 15) is 22.7 Å². The highest BCUT2D eigenvalue weighted by molar-refractivity contribution is 7.81. The number of halogens is 4. The largest absolute Gasteiger partial charge is 0.867 e. The molecule has 0 spiro atoms. The van der Waals surface area contributed by atoms with E-state index in [2.05, 4.69) is 5.32 Å². The Morgan fingerprint density at radius 3 is 2.37 bits per heavy atom. The molecule has 0 saturated heterocycles. The molecule has 3 rings (SSSR count). The summed E-state index contributed by atoms with van der Waals surface area (Å²) < 4.78 is 53.7. The van der Waals surface area contributed by atoms with Crippen molar-refractivity contribution in [2.24, 2.45) is 0 Å². The molecule has 1 aromatic heterocycles. The SMILES string of the molecule is Cc1ccc[n+](C(C(=S)Nc2cccc(C(F)(F)F)c2)=C([O-])c2ccc(F)cc2)c1. The standard InChI is InChI=1S/C22H16F4N2OS/c1-14-4-3-11-28(13-14)19(20(29)15-7-9-17(23)10-8-15)21(30)27-18-6-2-5-16(12-18)22(24,25)26/h2-13H,1H3,(H-,27,29,30). The minimum Gasteiger partial charge on any atom is -0.867 e. The summed E-state index contributed by atoms with van der Waals surface area (Å²) in [5.74, 6) is -1.00. The summed E-state index contributed by atoms with van der Waals surface area (Å²) in [6, 6.07) is 13.0. The molecule has 2 aromatic carbocycles. The van der Waals surface area contributed by atoms with E-state index in [0.717, 1.165) is 29.8 Å². The quantitative estimate of drug-likeness (QED) is 0.216. The first-order valence-corrected chi connectivity index (χ1v) is 9.20. The Balaban J connectivity index is 2.05. The van der Waals surface area contributed by atoms with Crippen LogP contribution in [0.15, 0.2) is 73.1 Å². The smallest absolute Gasteiger partial charge is 0.416 e. The monoisotopic (exact) mass is 432 g/mol. The Morgan fingerprint density at radius 2 is 1.73 bits per heavy atom. The van der Waals surface area contributed by atoms with Crippen LogP contribution in [0.1, 0.15) is 16.7 Å². The second-order valence-corrected chi connectivity index (χ2v) is 6.91. The first-order chi connectivity index (χ1) is 14.1. The maximum Gasteiger partial charge on any atom is 0.416 e. The molecule has 1 heterocycles. The van der Waals surface area contributed by atoms with Gasteiger partial charge in [0, 0.05) is 17.3 Å².